The molecule has 1 aliphatic rings. The van der Waals surface area contributed by atoms with Gasteiger partial charge in [0.2, 0.25) is 0 Å². The van der Waals surface area contributed by atoms with Crippen molar-refractivity contribution in [3.05, 3.63) is 35.0 Å². The average Bonchev–Trinajstić information content (AvgIpc) is 2.77. The maximum Gasteiger partial charge on any atom is 0.335 e. The van der Waals surface area contributed by atoms with Gasteiger partial charge in [-0.25, -0.2) is 4.79 Å². The van der Waals surface area contributed by atoms with Crippen LogP contribution < -0.4 is 0 Å². The maximum absolute atomic E-state index is 11.2. The summed E-state index contributed by atoms with van der Waals surface area (Å²) in [5.74, 6) is -0.851. The molecule has 3 rings (SSSR count). The van der Waals surface area contributed by atoms with Crippen LogP contribution in [0.1, 0.15) is 41.4 Å². The van der Waals surface area contributed by atoms with Crippen LogP contribution in [0.25, 0.3) is 10.9 Å². The smallest absolute Gasteiger partial charge is 0.335 e. The first kappa shape index (κ1) is 14.1. The fourth-order valence-electron chi connectivity index (χ4n) is 3.29. The van der Waals surface area contributed by atoms with E-state index in [0.717, 1.165) is 37.9 Å². The highest BCUT2D eigenvalue weighted by Gasteiger charge is 2.22. The van der Waals surface area contributed by atoms with E-state index in [1.807, 2.05) is 12.1 Å². The van der Waals surface area contributed by atoms with E-state index in [1.165, 1.54) is 23.2 Å². The zero-order valence-corrected chi connectivity index (χ0v) is 12.7. The van der Waals surface area contributed by atoms with Crippen LogP contribution in [0.4, 0.5) is 0 Å². The number of likely N-dealkylation sites (N-methyl/N-ethyl adjacent to an activating group) is 1. The number of carboxylic acid groups (broad SMARTS) is 1. The Morgan fingerprint density at radius 2 is 2.19 bits per heavy atom. The van der Waals surface area contributed by atoms with Gasteiger partial charge in [-0.1, -0.05) is 13.3 Å². The Morgan fingerprint density at radius 1 is 1.38 bits per heavy atom. The molecule has 21 heavy (non-hydrogen) atoms. The summed E-state index contributed by atoms with van der Waals surface area (Å²) in [4.78, 5) is 13.5. The molecule has 0 saturated carbocycles. The van der Waals surface area contributed by atoms with Crippen LogP contribution in [0.3, 0.4) is 0 Å². The molecule has 0 atom stereocenters. The van der Waals surface area contributed by atoms with Crippen molar-refractivity contribution < 1.29 is 9.90 Å². The summed E-state index contributed by atoms with van der Waals surface area (Å²) in [6, 6.07) is 5.55. The van der Waals surface area contributed by atoms with E-state index in [0.29, 0.717) is 5.56 Å². The van der Waals surface area contributed by atoms with Gasteiger partial charge in [-0.05, 0) is 37.2 Å². The van der Waals surface area contributed by atoms with Gasteiger partial charge in [0.05, 0.1) is 5.56 Å². The van der Waals surface area contributed by atoms with Gasteiger partial charge in [0.15, 0.2) is 0 Å². The second kappa shape index (κ2) is 5.53. The number of rotatable bonds is 4. The van der Waals surface area contributed by atoms with Gasteiger partial charge in [0.25, 0.3) is 0 Å². The molecule has 4 nitrogen and oxygen atoms in total. The molecule has 1 N–H and O–H groups in total. The molecule has 0 bridgehead atoms. The largest absolute Gasteiger partial charge is 0.478 e. The number of hydrogen-bond acceptors (Lipinski definition) is 2. The Balaban J connectivity index is 2.19. The Labute approximate surface area is 125 Å². The van der Waals surface area contributed by atoms with Crippen molar-refractivity contribution in [1.82, 2.24) is 9.47 Å². The van der Waals surface area contributed by atoms with Crippen molar-refractivity contribution >= 4 is 16.9 Å². The molecule has 4 heteroatoms. The topological polar surface area (TPSA) is 45.5 Å². The second-order valence-electron chi connectivity index (χ2n) is 5.96. The monoisotopic (exact) mass is 286 g/mol. The minimum atomic E-state index is -0.851. The van der Waals surface area contributed by atoms with Crippen molar-refractivity contribution in [3.8, 4) is 0 Å². The van der Waals surface area contributed by atoms with Gasteiger partial charge in [0.1, 0.15) is 0 Å². The van der Waals surface area contributed by atoms with E-state index in [9.17, 15) is 9.90 Å². The van der Waals surface area contributed by atoms with E-state index in [4.69, 9.17) is 0 Å². The molecule has 2 aromatic rings. The zero-order valence-electron chi connectivity index (χ0n) is 12.7. The van der Waals surface area contributed by atoms with Gasteiger partial charge >= 0.3 is 5.97 Å². The van der Waals surface area contributed by atoms with Gasteiger partial charge in [-0.3, -0.25) is 0 Å². The second-order valence-corrected chi connectivity index (χ2v) is 5.96. The number of benzene rings is 1. The van der Waals surface area contributed by atoms with Crippen molar-refractivity contribution in [3.63, 3.8) is 0 Å². The predicted molar refractivity (Wildman–Crippen MR) is 83.8 cm³/mol. The van der Waals surface area contributed by atoms with Gasteiger partial charge in [0, 0.05) is 42.7 Å². The minimum Gasteiger partial charge on any atom is -0.478 e. The lowest BCUT2D eigenvalue weighted by atomic mass is 10.0. The van der Waals surface area contributed by atoms with E-state index >= 15 is 0 Å². The number of carboxylic acids is 1. The summed E-state index contributed by atoms with van der Waals surface area (Å²) >= 11 is 0. The van der Waals surface area contributed by atoms with Crippen LogP contribution in [-0.4, -0.2) is 34.1 Å². The number of aryl methyl sites for hydroxylation is 1. The summed E-state index contributed by atoms with van der Waals surface area (Å²) in [5.41, 5.74) is 4.29. The molecule has 1 aromatic heterocycles. The van der Waals surface area contributed by atoms with Crippen LogP contribution in [0, 0.1) is 0 Å². The molecule has 112 valence electrons. The number of aromatic carboxylic acids is 1. The minimum absolute atomic E-state index is 0.381. The Bertz CT molecular complexity index is 688. The summed E-state index contributed by atoms with van der Waals surface area (Å²) in [7, 11) is 2.12. The van der Waals surface area contributed by atoms with Crippen LogP contribution >= 0.6 is 0 Å². The molecule has 0 unspecified atom stereocenters. The molecule has 0 amide bonds. The highest BCUT2D eigenvalue weighted by molar-refractivity contribution is 5.95. The Hall–Kier alpha value is -1.81. The standard InChI is InChI=1S/C17H22N2O2/c1-3-4-8-19-15-6-5-12(17(20)21)10-13(15)14-11-18(2)9-7-16(14)19/h5-6,10H,3-4,7-9,11H2,1-2H3,(H,20,21). The normalized spacial score (nSPS) is 15.3. The van der Waals surface area contributed by atoms with Crippen molar-refractivity contribution in [2.24, 2.45) is 0 Å². The van der Waals surface area contributed by atoms with Crippen LogP contribution in [0.2, 0.25) is 0 Å². The summed E-state index contributed by atoms with van der Waals surface area (Å²) in [5, 5.41) is 10.3. The lowest BCUT2D eigenvalue weighted by molar-refractivity contribution is 0.0697. The lowest BCUT2D eigenvalue weighted by Crippen LogP contribution is -2.27. The summed E-state index contributed by atoms with van der Waals surface area (Å²) in [6.45, 7) is 5.21. The van der Waals surface area contributed by atoms with Crippen LogP contribution in [0.5, 0.6) is 0 Å². The first-order valence-corrected chi connectivity index (χ1v) is 7.67. The van der Waals surface area contributed by atoms with E-state index < -0.39 is 5.97 Å². The first-order valence-electron chi connectivity index (χ1n) is 7.67. The van der Waals surface area contributed by atoms with Crippen molar-refractivity contribution in [2.75, 3.05) is 13.6 Å². The molecule has 1 aromatic carbocycles. The number of hydrogen-bond donors (Lipinski definition) is 1. The SMILES string of the molecule is CCCCn1c2c(c3cc(C(=O)O)ccc31)CN(C)CC2. The third kappa shape index (κ3) is 2.44. The number of nitrogens with zero attached hydrogens (tertiary/aromatic N) is 2. The third-order valence-electron chi connectivity index (χ3n) is 4.43. The quantitative estimate of drug-likeness (QED) is 0.939. The molecule has 2 heterocycles. The van der Waals surface area contributed by atoms with Gasteiger partial charge < -0.3 is 14.6 Å². The number of carbonyl (C=O) groups is 1. The summed E-state index contributed by atoms with van der Waals surface area (Å²) in [6.07, 6.45) is 3.38. The number of aromatic nitrogens is 1. The molecule has 0 aliphatic carbocycles. The van der Waals surface area contributed by atoms with Crippen molar-refractivity contribution in [2.45, 2.75) is 39.3 Å². The van der Waals surface area contributed by atoms with Gasteiger partial charge in [-0.2, -0.15) is 0 Å². The highest BCUT2D eigenvalue weighted by atomic mass is 16.4. The van der Waals surface area contributed by atoms with Gasteiger partial charge in [-0.15, -0.1) is 0 Å². The molecule has 0 saturated heterocycles. The Kier molecular flexibility index (Phi) is 3.72. The van der Waals surface area contributed by atoms with E-state index in [-0.39, 0.29) is 0 Å². The highest BCUT2D eigenvalue weighted by Crippen LogP contribution is 2.31. The number of fused-ring (bicyclic) bond motifs is 3. The Morgan fingerprint density at radius 3 is 2.90 bits per heavy atom. The fraction of sp³-hybridized carbons (Fsp3) is 0.471. The molecule has 0 fully saturated rings. The average molecular weight is 286 g/mol. The third-order valence-corrected chi connectivity index (χ3v) is 4.43. The first-order chi connectivity index (χ1) is 10.1. The molecule has 0 spiro atoms. The fourth-order valence-corrected chi connectivity index (χ4v) is 3.29. The maximum atomic E-state index is 11.2. The molecular weight excluding hydrogens is 264 g/mol. The van der Waals surface area contributed by atoms with Crippen molar-refractivity contribution in [1.29, 1.82) is 0 Å². The molecule has 0 radical (unpaired) electrons. The summed E-state index contributed by atoms with van der Waals surface area (Å²) < 4.78 is 2.41. The van der Waals surface area contributed by atoms with E-state index in [2.05, 4.69) is 23.4 Å². The molecular formula is C17H22N2O2. The number of unbranched alkanes of at least 4 members (excludes halogenated alkanes) is 1. The van der Waals surface area contributed by atoms with Crippen LogP contribution in [0.15, 0.2) is 18.2 Å². The lowest BCUT2D eigenvalue weighted by Gasteiger charge is -2.24. The van der Waals surface area contributed by atoms with E-state index in [1.54, 1.807) is 6.07 Å². The van der Waals surface area contributed by atoms with Crippen LogP contribution in [-0.2, 0) is 19.5 Å². The molecule has 1 aliphatic heterocycles. The predicted octanol–water partition coefficient (Wildman–Crippen LogP) is 3.13. The zero-order chi connectivity index (χ0) is 15.0.